The van der Waals surface area contributed by atoms with Crippen molar-refractivity contribution in [1.29, 1.82) is 0 Å². The highest BCUT2D eigenvalue weighted by atomic mass is 32.2. The Morgan fingerprint density at radius 1 is 1.26 bits per heavy atom. The molecule has 2 rings (SSSR count). The van der Waals surface area contributed by atoms with E-state index in [1.807, 2.05) is 0 Å². The van der Waals surface area contributed by atoms with Gasteiger partial charge in [0.05, 0.1) is 7.11 Å². The lowest BCUT2D eigenvalue weighted by Gasteiger charge is -2.29. The molecule has 2 heterocycles. The zero-order chi connectivity index (χ0) is 17.3. The van der Waals surface area contributed by atoms with Gasteiger partial charge in [-0.15, -0.1) is 0 Å². The zero-order valence-corrected chi connectivity index (χ0v) is 15.0. The lowest BCUT2D eigenvalue weighted by atomic mass is 9.77. The van der Waals surface area contributed by atoms with Crippen molar-refractivity contribution in [1.82, 2.24) is 4.31 Å². The van der Waals surface area contributed by atoms with E-state index in [1.165, 1.54) is 23.5 Å². The number of sulfonamides is 1. The maximum atomic E-state index is 12.7. The Morgan fingerprint density at radius 2 is 1.96 bits per heavy atom. The quantitative estimate of drug-likeness (QED) is 0.789. The van der Waals surface area contributed by atoms with Gasteiger partial charge in [-0.2, -0.15) is 4.31 Å². The van der Waals surface area contributed by atoms with Crippen LogP contribution in [-0.2, 0) is 14.8 Å². The highest BCUT2D eigenvalue weighted by Gasteiger charge is 2.33. The van der Waals surface area contributed by atoms with Gasteiger partial charge in [0.1, 0.15) is 0 Å². The van der Waals surface area contributed by atoms with E-state index in [0.29, 0.717) is 19.0 Å². The Kier molecular flexibility index (Phi) is 5.20. The van der Waals surface area contributed by atoms with Gasteiger partial charge in [-0.1, -0.05) is 20.8 Å². The summed E-state index contributed by atoms with van der Waals surface area (Å²) in [4.78, 5) is 11.4. The smallest absolute Gasteiger partial charge is 0.374 e. The van der Waals surface area contributed by atoms with Gasteiger partial charge in [-0.3, -0.25) is 0 Å². The Balaban J connectivity index is 2.17. The molecule has 0 amide bonds. The number of methoxy groups -OCH3 is 1. The fraction of sp³-hybridized carbons (Fsp3) is 0.688. The second-order valence-corrected chi connectivity index (χ2v) is 8.88. The predicted molar refractivity (Wildman–Crippen MR) is 85.6 cm³/mol. The summed E-state index contributed by atoms with van der Waals surface area (Å²) in [7, 11) is -2.49. The molecular weight excluding hydrogens is 318 g/mol. The van der Waals surface area contributed by atoms with E-state index in [-0.39, 0.29) is 16.3 Å². The van der Waals surface area contributed by atoms with Gasteiger partial charge in [0.15, 0.2) is 0 Å². The van der Waals surface area contributed by atoms with Crippen molar-refractivity contribution < 1.29 is 22.4 Å². The molecule has 1 aliphatic rings. The molecule has 0 bridgehead atoms. The van der Waals surface area contributed by atoms with Crippen LogP contribution in [0.5, 0.6) is 0 Å². The number of esters is 1. The van der Waals surface area contributed by atoms with Gasteiger partial charge in [0.2, 0.25) is 10.9 Å². The number of furan rings is 1. The lowest BCUT2D eigenvalue weighted by molar-refractivity contribution is 0.0558. The molecule has 1 aliphatic heterocycles. The van der Waals surface area contributed by atoms with Crippen molar-refractivity contribution in [2.75, 3.05) is 20.2 Å². The van der Waals surface area contributed by atoms with Gasteiger partial charge < -0.3 is 9.15 Å². The molecule has 1 saturated heterocycles. The molecular formula is C16H25NO5S. The molecule has 0 N–H and O–H groups in total. The number of carbonyl (C=O) groups is 1. The zero-order valence-electron chi connectivity index (χ0n) is 14.2. The molecule has 0 unspecified atom stereocenters. The lowest BCUT2D eigenvalue weighted by Crippen LogP contribution is -2.32. The first-order chi connectivity index (χ1) is 10.7. The number of hydrogen-bond donors (Lipinski definition) is 0. The monoisotopic (exact) mass is 343 g/mol. The van der Waals surface area contributed by atoms with Gasteiger partial charge in [0, 0.05) is 13.1 Å². The molecule has 130 valence electrons. The van der Waals surface area contributed by atoms with Gasteiger partial charge in [-0.25, -0.2) is 13.2 Å². The standard InChI is InChI=1S/C16H25NO5S/c1-16(2,3)12-6-5-10-17(11-9-12)23(19,20)14-8-7-13(22-14)15(18)21-4/h7-8,12H,5-6,9-11H2,1-4H3/t12-/m1/s1. The Labute approximate surface area is 137 Å². The largest absolute Gasteiger partial charge is 0.463 e. The van der Waals surface area contributed by atoms with Gasteiger partial charge in [-0.05, 0) is 42.7 Å². The van der Waals surface area contributed by atoms with Crippen LogP contribution >= 0.6 is 0 Å². The van der Waals surface area contributed by atoms with E-state index in [2.05, 4.69) is 25.5 Å². The van der Waals surface area contributed by atoms with Crippen LogP contribution in [-0.4, -0.2) is 38.9 Å². The first kappa shape index (κ1) is 18.0. The third kappa shape index (κ3) is 3.95. The van der Waals surface area contributed by atoms with Crippen LogP contribution in [0.2, 0.25) is 0 Å². The summed E-state index contributed by atoms with van der Waals surface area (Å²) in [6, 6.07) is 2.64. The Hall–Kier alpha value is -1.34. The average Bonchev–Trinajstić information content (AvgIpc) is 2.82. The summed E-state index contributed by atoms with van der Waals surface area (Å²) in [5.74, 6) is -0.298. The minimum atomic E-state index is -3.72. The molecule has 0 aromatic carbocycles. The summed E-state index contributed by atoms with van der Waals surface area (Å²) in [6.07, 6.45) is 2.67. The summed E-state index contributed by atoms with van der Waals surface area (Å²) in [5.41, 5.74) is 0.169. The van der Waals surface area contributed by atoms with Crippen LogP contribution in [0.15, 0.2) is 21.6 Å². The van der Waals surface area contributed by atoms with Crippen molar-refractivity contribution in [3.8, 4) is 0 Å². The van der Waals surface area contributed by atoms with Crippen molar-refractivity contribution in [3.05, 3.63) is 17.9 Å². The third-order valence-electron chi connectivity index (χ3n) is 4.47. The summed E-state index contributed by atoms with van der Waals surface area (Å²) >= 11 is 0. The molecule has 0 spiro atoms. The Bertz CT molecular complexity index is 656. The SMILES string of the molecule is COC(=O)c1ccc(S(=O)(=O)N2CCC[C@@H](C(C)(C)C)CC2)o1. The minimum Gasteiger partial charge on any atom is -0.463 e. The third-order valence-corrected chi connectivity index (χ3v) is 6.25. The molecule has 1 atom stereocenters. The van der Waals surface area contributed by atoms with Crippen molar-refractivity contribution in [2.24, 2.45) is 11.3 Å². The maximum Gasteiger partial charge on any atom is 0.374 e. The van der Waals surface area contributed by atoms with Gasteiger partial charge >= 0.3 is 5.97 Å². The molecule has 6 nitrogen and oxygen atoms in total. The van der Waals surface area contributed by atoms with Crippen LogP contribution in [0, 0.1) is 11.3 Å². The van der Waals surface area contributed by atoms with Crippen molar-refractivity contribution >= 4 is 16.0 Å². The predicted octanol–water partition coefficient (Wildman–Crippen LogP) is 2.90. The van der Waals surface area contributed by atoms with E-state index in [4.69, 9.17) is 4.42 Å². The Morgan fingerprint density at radius 3 is 2.57 bits per heavy atom. The molecule has 23 heavy (non-hydrogen) atoms. The van der Waals surface area contributed by atoms with E-state index in [0.717, 1.165) is 19.3 Å². The number of rotatable bonds is 3. The highest BCUT2D eigenvalue weighted by molar-refractivity contribution is 7.89. The fourth-order valence-electron chi connectivity index (χ4n) is 2.97. The molecule has 0 saturated carbocycles. The molecule has 0 aliphatic carbocycles. The van der Waals surface area contributed by atoms with Gasteiger partial charge in [0.25, 0.3) is 10.0 Å². The number of carbonyl (C=O) groups excluding carboxylic acids is 1. The van der Waals surface area contributed by atoms with Crippen LogP contribution < -0.4 is 0 Å². The second-order valence-electron chi connectivity index (χ2n) is 7.01. The fourth-order valence-corrected chi connectivity index (χ4v) is 4.38. The topological polar surface area (TPSA) is 76.8 Å². The maximum absolute atomic E-state index is 12.7. The molecule has 1 fully saturated rings. The van der Waals surface area contributed by atoms with Crippen LogP contribution in [0.1, 0.15) is 50.6 Å². The number of ether oxygens (including phenoxy) is 1. The number of hydrogen-bond acceptors (Lipinski definition) is 5. The first-order valence-electron chi connectivity index (χ1n) is 7.84. The van der Waals surface area contributed by atoms with E-state index < -0.39 is 16.0 Å². The number of nitrogens with zero attached hydrogens (tertiary/aromatic N) is 1. The molecule has 0 radical (unpaired) electrons. The highest BCUT2D eigenvalue weighted by Crippen LogP contribution is 2.35. The van der Waals surface area contributed by atoms with Crippen LogP contribution in [0.25, 0.3) is 0 Å². The van der Waals surface area contributed by atoms with Crippen LogP contribution in [0.4, 0.5) is 0 Å². The summed E-state index contributed by atoms with van der Waals surface area (Å²) in [6.45, 7) is 7.52. The van der Waals surface area contributed by atoms with Crippen molar-refractivity contribution in [3.63, 3.8) is 0 Å². The molecule has 7 heteroatoms. The minimum absolute atomic E-state index is 0.103. The van der Waals surface area contributed by atoms with E-state index in [9.17, 15) is 13.2 Å². The van der Waals surface area contributed by atoms with E-state index >= 15 is 0 Å². The van der Waals surface area contributed by atoms with Crippen molar-refractivity contribution in [2.45, 2.75) is 45.1 Å². The summed E-state index contributed by atoms with van der Waals surface area (Å²) in [5, 5.41) is -0.202. The molecule has 1 aromatic heterocycles. The van der Waals surface area contributed by atoms with E-state index in [1.54, 1.807) is 0 Å². The summed E-state index contributed by atoms with van der Waals surface area (Å²) < 4.78 is 36.6. The first-order valence-corrected chi connectivity index (χ1v) is 9.28. The van der Waals surface area contributed by atoms with Crippen LogP contribution in [0.3, 0.4) is 0 Å². The molecule has 1 aromatic rings. The average molecular weight is 343 g/mol. The normalized spacial score (nSPS) is 21.0. The second kappa shape index (κ2) is 6.65.